The second kappa shape index (κ2) is 8.77. The summed E-state index contributed by atoms with van der Waals surface area (Å²) in [5.74, 6) is 1.53. The van der Waals surface area contributed by atoms with Gasteiger partial charge in [-0.3, -0.25) is 4.79 Å². The SMILES string of the molecule is CN(C)C(CNC(=O)c1cc(-c2ccc3c(c2)OCCO3)on1)c1ccc(Cl)cc1. The van der Waals surface area contributed by atoms with Gasteiger partial charge >= 0.3 is 0 Å². The van der Waals surface area contributed by atoms with Crippen molar-refractivity contribution in [3.8, 4) is 22.8 Å². The van der Waals surface area contributed by atoms with Crippen molar-refractivity contribution in [1.82, 2.24) is 15.4 Å². The first-order valence-corrected chi connectivity index (χ1v) is 9.96. The van der Waals surface area contributed by atoms with Crippen molar-refractivity contribution in [1.29, 1.82) is 0 Å². The van der Waals surface area contributed by atoms with Crippen molar-refractivity contribution in [2.45, 2.75) is 6.04 Å². The Morgan fingerprint density at radius 1 is 1.10 bits per heavy atom. The van der Waals surface area contributed by atoms with Gasteiger partial charge in [0, 0.05) is 23.2 Å². The van der Waals surface area contributed by atoms with Crippen molar-refractivity contribution in [2.24, 2.45) is 0 Å². The molecule has 0 saturated heterocycles. The van der Waals surface area contributed by atoms with Crippen molar-refractivity contribution in [3.63, 3.8) is 0 Å². The van der Waals surface area contributed by atoms with Gasteiger partial charge in [0.05, 0.1) is 6.04 Å². The minimum absolute atomic E-state index is 0.00428. The van der Waals surface area contributed by atoms with E-state index in [1.165, 1.54) is 0 Å². The molecule has 0 saturated carbocycles. The number of ether oxygens (including phenoxy) is 2. The third kappa shape index (κ3) is 4.42. The van der Waals surface area contributed by atoms with Crippen LogP contribution in [0, 0.1) is 0 Å². The molecular weight excluding hydrogens is 406 g/mol. The molecular formula is C22H22ClN3O4. The molecule has 1 atom stereocenters. The van der Waals surface area contributed by atoms with Crippen LogP contribution in [0.3, 0.4) is 0 Å². The molecule has 0 bridgehead atoms. The largest absolute Gasteiger partial charge is 0.486 e. The molecule has 8 heteroatoms. The van der Waals surface area contributed by atoms with Crippen LogP contribution in [-0.4, -0.2) is 49.8 Å². The summed E-state index contributed by atoms with van der Waals surface area (Å²) in [5.41, 5.74) is 2.04. The van der Waals surface area contributed by atoms with Crippen LogP contribution in [-0.2, 0) is 0 Å². The summed E-state index contributed by atoms with van der Waals surface area (Å²) in [6.45, 7) is 1.45. The standard InChI is InChI=1S/C22H22ClN3O4/c1-26(2)18(14-3-6-16(23)7-4-14)13-24-22(27)17-12-20(30-25-17)15-5-8-19-21(11-15)29-10-9-28-19/h3-8,11-12,18H,9-10,13H2,1-2H3,(H,24,27). The number of benzene rings is 2. The first-order valence-electron chi connectivity index (χ1n) is 9.58. The third-order valence-corrected chi connectivity index (χ3v) is 5.16. The maximum absolute atomic E-state index is 12.6. The number of halogens is 1. The highest BCUT2D eigenvalue weighted by Gasteiger charge is 2.19. The van der Waals surface area contributed by atoms with Gasteiger partial charge in [-0.25, -0.2) is 0 Å². The molecule has 0 aliphatic carbocycles. The van der Waals surface area contributed by atoms with Crippen LogP contribution in [0.5, 0.6) is 11.5 Å². The second-order valence-electron chi connectivity index (χ2n) is 7.18. The van der Waals surface area contributed by atoms with Gasteiger partial charge < -0.3 is 24.2 Å². The fourth-order valence-electron chi connectivity index (χ4n) is 3.28. The van der Waals surface area contributed by atoms with E-state index in [2.05, 4.69) is 10.5 Å². The van der Waals surface area contributed by atoms with Gasteiger partial charge in [0.2, 0.25) is 0 Å². The lowest BCUT2D eigenvalue weighted by atomic mass is 10.1. The van der Waals surface area contributed by atoms with Crippen LogP contribution in [0.1, 0.15) is 22.1 Å². The highest BCUT2D eigenvalue weighted by Crippen LogP contribution is 2.34. The van der Waals surface area contributed by atoms with Crippen LogP contribution < -0.4 is 14.8 Å². The molecule has 1 unspecified atom stereocenters. The van der Waals surface area contributed by atoms with Crippen molar-refractivity contribution in [2.75, 3.05) is 33.9 Å². The topological polar surface area (TPSA) is 76.8 Å². The van der Waals surface area contributed by atoms with E-state index >= 15 is 0 Å². The van der Waals surface area contributed by atoms with E-state index in [0.29, 0.717) is 42.0 Å². The predicted molar refractivity (Wildman–Crippen MR) is 113 cm³/mol. The van der Waals surface area contributed by atoms with Crippen LogP contribution in [0.4, 0.5) is 0 Å². The number of fused-ring (bicyclic) bond motifs is 1. The zero-order valence-corrected chi connectivity index (χ0v) is 17.5. The van der Waals surface area contributed by atoms with E-state index in [9.17, 15) is 4.79 Å². The lowest BCUT2D eigenvalue weighted by Gasteiger charge is -2.25. The molecule has 7 nitrogen and oxygen atoms in total. The minimum atomic E-state index is -0.302. The number of carbonyl (C=O) groups is 1. The van der Waals surface area contributed by atoms with E-state index < -0.39 is 0 Å². The van der Waals surface area contributed by atoms with Crippen LogP contribution in [0.15, 0.2) is 53.1 Å². The Morgan fingerprint density at radius 2 is 1.83 bits per heavy atom. The summed E-state index contributed by atoms with van der Waals surface area (Å²) in [7, 11) is 3.92. The van der Waals surface area contributed by atoms with Gasteiger partial charge in [-0.15, -0.1) is 0 Å². The summed E-state index contributed by atoms with van der Waals surface area (Å²) in [4.78, 5) is 14.7. The molecule has 0 radical (unpaired) electrons. The Balaban J connectivity index is 1.44. The normalized spacial score (nSPS) is 13.9. The van der Waals surface area contributed by atoms with Gasteiger partial charge in [-0.1, -0.05) is 28.9 Å². The molecule has 2 heterocycles. The van der Waals surface area contributed by atoms with E-state index in [1.54, 1.807) is 6.07 Å². The summed E-state index contributed by atoms with van der Waals surface area (Å²) in [6.07, 6.45) is 0. The van der Waals surface area contributed by atoms with Crippen molar-refractivity contribution >= 4 is 17.5 Å². The van der Waals surface area contributed by atoms with Gasteiger partial charge in [0.25, 0.3) is 5.91 Å². The highest BCUT2D eigenvalue weighted by atomic mass is 35.5. The number of likely N-dealkylation sites (N-methyl/N-ethyl adjacent to an activating group) is 1. The lowest BCUT2D eigenvalue weighted by molar-refractivity contribution is 0.0933. The number of rotatable bonds is 6. The van der Waals surface area contributed by atoms with Crippen LogP contribution in [0.2, 0.25) is 5.02 Å². The number of hydrogen-bond donors (Lipinski definition) is 1. The minimum Gasteiger partial charge on any atom is -0.486 e. The van der Waals surface area contributed by atoms with Crippen LogP contribution in [0.25, 0.3) is 11.3 Å². The number of nitrogens with zero attached hydrogens (tertiary/aromatic N) is 2. The summed E-state index contributed by atoms with van der Waals surface area (Å²) in [5, 5.41) is 7.52. The van der Waals surface area contributed by atoms with Gasteiger partial charge in [0.15, 0.2) is 23.0 Å². The summed E-state index contributed by atoms with van der Waals surface area (Å²) < 4.78 is 16.5. The Labute approximate surface area is 179 Å². The molecule has 1 N–H and O–H groups in total. The van der Waals surface area contributed by atoms with E-state index in [4.69, 9.17) is 25.6 Å². The average molecular weight is 428 g/mol. The molecule has 30 heavy (non-hydrogen) atoms. The Morgan fingerprint density at radius 3 is 2.57 bits per heavy atom. The number of hydrogen-bond acceptors (Lipinski definition) is 6. The smallest absolute Gasteiger partial charge is 0.273 e. The predicted octanol–water partition coefficient (Wildman–Crippen LogP) is 3.80. The zero-order valence-electron chi connectivity index (χ0n) is 16.7. The molecule has 0 spiro atoms. The number of nitrogens with one attached hydrogen (secondary N) is 1. The quantitative estimate of drug-likeness (QED) is 0.644. The first-order chi connectivity index (χ1) is 14.5. The van der Waals surface area contributed by atoms with Gasteiger partial charge in [-0.2, -0.15) is 0 Å². The van der Waals surface area contributed by atoms with E-state index in [0.717, 1.165) is 11.1 Å². The molecule has 0 fully saturated rings. The maximum Gasteiger partial charge on any atom is 0.273 e. The fourth-order valence-corrected chi connectivity index (χ4v) is 3.40. The zero-order chi connectivity index (χ0) is 21.1. The van der Waals surface area contributed by atoms with Gasteiger partial charge in [-0.05, 0) is 50.0 Å². The maximum atomic E-state index is 12.6. The number of aromatic nitrogens is 1. The Bertz CT molecular complexity index is 1030. The highest BCUT2D eigenvalue weighted by molar-refractivity contribution is 6.30. The summed E-state index contributed by atoms with van der Waals surface area (Å²) in [6, 6.07) is 14.7. The first kappa shape index (κ1) is 20.3. The second-order valence-corrected chi connectivity index (χ2v) is 7.61. The molecule has 1 amide bonds. The number of carbonyl (C=O) groups excluding carboxylic acids is 1. The average Bonchev–Trinajstić information content (AvgIpc) is 3.25. The molecule has 4 rings (SSSR count). The monoisotopic (exact) mass is 427 g/mol. The number of amides is 1. The third-order valence-electron chi connectivity index (χ3n) is 4.90. The van der Waals surface area contributed by atoms with E-state index in [1.807, 2.05) is 61.5 Å². The lowest BCUT2D eigenvalue weighted by Crippen LogP contribution is -2.34. The Hall–Kier alpha value is -3.03. The van der Waals surface area contributed by atoms with Crippen molar-refractivity contribution < 1.29 is 18.8 Å². The molecule has 1 aliphatic rings. The molecule has 2 aromatic carbocycles. The molecule has 156 valence electrons. The summed E-state index contributed by atoms with van der Waals surface area (Å²) >= 11 is 5.98. The van der Waals surface area contributed by atoms with E-state index in [-0.39, 0.29) is 17.6 Å². The molecule has 1 aromatic heterocycles. The van der Waals surface area contributed by atoms with Gasteiger partial charge in [0.1, 0.15) is 13.2 Å². The Kier molecular flexibility index (Phi) is 5.92. The molecule has 3 aromatic rings. The van der Waals surface area contributed by atoms with Crippen molar-refractivity contribution in [3.05, 3.63) is 64.8 Å². The fraction of sp³-hybridized carbons (Fsp3) is 0.273. The van der Waals surface area contributed by atoms with Crippen LogP contribution >= 0.6 is 11.6 Å². The molecule has 1 aliphatic heterocycles.